The van der Waals surface area contributed by atoms with Crippen LogP contribution in [0.15, 0.2) is 0 Å². The molecule has 0 bridgehead atoms. The molecular weight excluding hydrogens is 334 g/mol. The molecule has 0 aliphatic rings. The molecule has 3 heteroatoms. The summed E-state index contributed by atoms with van der Waals surface area (Å²) in [5, 5.41) is 12.4. The average Bonchev–Trinajstić information content (AvgIpc) is 2.65. The molecule has 0 fully saturated rings. The lowest BCUT2D eigenvalue weighted by atomic mass is 9.97. The number of unbranched alkanes of at least 4 members (excludes halogenated alkanes) is 11. The first kappa shape index (κ1) is 26.0. The molecule has 0 aliphatic carbocycles. The van der Waals surface area contributed by atoms with Gasteiger partial charge in [0.05, 0.1) is 12.1 Å². The van der Waals surface area contributed by atoms with E-state index < -0.39 is 5.54 Å². The normalized spacial score (nSPS) is 12.9. The van der Waals surface area contributed by atoms with Crippen LogP contribution in [0.3, 0.4) is 0 Å². The summed E-state index contributed by atoms with van der Waals surface area (Å²) in [6, 6.07) is 0. The van der Waals surface area contributed by atoms with Crippen molar-refractivity contribution < 1.29 is 9.90 Å². The Morgan fingerprint density at radius 3 is 1.85 bits per heavy atom. The fourth-order valence-electron chi connectivity index (χ4n) is 3.33. The van der Waals surface area contributed by atoms with Crippen molar-refractivity contribution in [1.29, 1.82) is 0 Å². The maximum Gasteiger partial charge on any atom is 0.220 e. The molecular formula is C24H45NO2. The SMILES string of the molecule is CCCCCCCCC#CCCCCCCCC(=O)NC(C)(CO)CCC. The van der Waals surface area contributed by atoms with Crippen molar-refractivity contribution >= 4 is 5.91 Å². The Morgan fingerprint density at radius 1 is 0.815 bits per heavy atom. The van der Waals surface area contributed by atoms with Gasteiger partial charge in [-0.2, -0.15) is 0 Å². The van der Waals surface area contributed by atoms with E-state index in [1.807, 2.05) is 6.92 Å². The molecule has 158 valence electrons. The maximum atomic E-state index is 12.0. The van der Waals surface area contributed by atoms with Gasteiger partial charge in [-0.1, -0.05) is 71.6 Å². The van der Waals surface area contributed by atoms with Gasteiger partial charge in [0.1, 0.15) is 0 Å². The molecule has 1 atom stereocenters. The second kappa shape index (κ2) is 18.4. The van der Waals surface area contributed by atoms with E-state index in [0.29, 0.717) is 6.42 Å². The highest BCUT2D eigenvalue weighted by molar-refractivity contribution is 5.76. The largest absolute Gasteiger partial charge is 0.394 e. The van der Waals surface area contributed by atoms with Crippen LogP contribution in [0.4, 0.5) is 0 Å². The van der Waals surface area contributed by atoms with Crippen molar-refractivity contribution in [3.63, 3.8) is 0 Å². The van der Waals surface area contributed by atoms with Crippen LogP contribution < -0.4 is 5.32 Å². The highest BCUT2D eigenvalue weighted by Gasteiger charge is 2.23. The second-order valence-corrected chi connectivity index (χ2v) is 8.16. The van der Waals surface area contributed by atoms with E-state index in [0.717, 1.165) is 38.5 Å². The number of hydrogen-bond acceptors (Lipinski definition) is 2. The quantitative estimate of drug-likeness (QED) is 0.236. The molecule has 0 spiro atoms. The van der Waals surface area contributed by atoms with Gasteiger partial charge < -0.3 is 10.4 Å². The molecule has 27 heavy (non-hydrogen) atoms. The fraction of sp³-hybridized carbons (Fsp3) is 0.875. The van der Waals surface area contributed by atoms with Crippen LogP contribution in [0.1, 0.15) is 124 Å². The van der Waals surface area contributed by atoms with Crippen molar-refractivity contribution in [1.82, 2.24) is 5.32 Å². The topological polar surface area (TPSA) is 49.3 Å². The van der Waals surface area contributed by atoms with Gasteiger partial charge in [-0.3, -0.25) is 4.79 Å². The van der Waals surface area contributed by atoms with Crippen LogP contribution >= 0.6 is 0 Å². The van der Waals surface area contributed by atoms with Crippen LogP contribution in [0.5, 0.6) is 0 Å². The van der Waals surface area contributed by atoms with Crippen molar-refractivity contribution in [3.05, 3.63) is 0 Å². The Kier molecular flexibility index (Phi) is 17.7. The van der Waals surface area contributed by atoms with E-state index >= 15 is 0 Å². The van der Waals surface area contributed by atoms with E-state index in [-0.39, 0.29) is 12.5 Å². The molecule has 0 aromatic carbocycles. The summed E-state index contributed by atoms with van der Waals surface area (Å²) in [6.45, 7) is 6.25. The number of nitrogens with one attached hydrogen (secondary N) is 1. The van der Waals surface area contributed by atoms with Gasteiger partial charge >= 0.3 is 0 Å². The Labute approximate surface area is 169 Å². The van der Waals surface area contributed by atoms with Crippen LogP contribution in [0.2, 0.25) is 0 Å². The zero-order valence-electron chi connectivity index (χ0n) is 18.4. The molecule has 1 unspecified atom stereocenters. The lowest BCUT2D eigenvalue weighted by Gasteiger charge is -2.28. The van der Waals surface area contributed by atoms with E-state index in [1.165, 1.54) is 57.8 Å². The first-order valence-corrected chi connectivity index (χ1v) is 11.5. The molecule has 0 aliphatic heterocycles. The Balaban J connectivity index is 3.47. The van der Waals surface area contributed by atoms with Crippen molar-refractivity contribution in [2.75, 3.05) is 6.61 Å². The van der Waals surface area contributed by atoms with Gasteiger partial charge in [-0.05, 0) is 32.6 Å². The third kappa shape index (κ3) is 16.9. The Bertz CT molecular complexity index is 410. The van der Waals surface area contributed by atoms with Crippen LogP contribution in [-0.2, 0) is 4.79 Å². The molecule has 0 heterocycles. The second-order valence-electron chi connectivity index (χ2n) is 8.16. The maximum absolute atomic E-state index is 12.0. The van der Waals surface area contributed by atoms with Crippen molar-refractivity contribution in [2.24, 2.45) is 0 Å². The Morgan fingerprint density at radius 2 is 1.33 bits per heavy atom. The number of aliphatic hydroxyl groups excluding tert-OH is 1. The lowest BCUT2D eigenvalue weighted by molar-refractivity contribution is -0.123. The van der Waals surface area contributed by atoms with Gasteiger partial charge in [0, 0.05) is 19.3 Å². The van der Waals surface area contributed by atoms with Gasteiger partial charge in [0.15, 0.2) is 0 Å². The Hall–Kier alpha value is -1.01. The highest BCUT2D eigenvalue weighted by Crippen LogP contribution is 2.13. The molecule has 0 rings (SSSR count). The van der Waals surface area contributed by atoms with Crippen molar-refractivity contribution in [2.45, 2.75) is 129 Å². The minimum Gasteiger partial charge on any atom is -0.394 e. The summed E-state index contributed by atoms with van der Waals surface area (Å²) >= 11 is 0. The average molecular weight is 380 g/mol. The summed E-state index contributed by atoms with van der Waals surface area (Å²) in [6.07, 6.45) is 18.0. The molecule has 0 aromatic rings. The highest BCUT2D eigenvalue weighted by atomic mass is 16.3. The van der Waals surface area contributed by atoms with Gasteiger partial charge in [-0.25, -0.2) is 0 Å². The third-order valence-electron chi connectivity index (χ3n) is 5.08. The van der Waals surface area contributed by atoms with Gasteiger partial charge in [0.25, 0.3) is 0 Å². The molecule has 0 saturated heterocycles. The first-order chi connectivity index (χ1) is 13.1. The van der Waals surface area contributed by atoms with Gasteiger partial charge in [-0.15, -0.1) is 11.8 Å². The van der Waals surface area contributed by atoms with E-state index in [9.17, 15) is 9.90 Å². The lowest BCUT2D eigenvalue weighted by Crippen LogP contribution is -2.48. The number of amides is 1. The number of aliphatic hydroxyl groups is 1. The summed E-state index contributed by atoms with van der Waals surface area (Å²) < 4.78 is 0. The summed E-state index contributed by atoms with van der Waals surface area (Å²) in [4.78, 5) is 12.0. The van der Waals surface area contributed by atoms with Crippen LogP contribution in [-0.4, -0.2) is 23.2 Å². The first-order valence-electron chi connectivity index (χ1n) is 11.5. The summed E-state index contributed by atoms with van der Waals surface area (Å²) in [5.74, 6) is 6.68. The monoisotopic (exact) mass is 379 g/mol. The number of hydrogen-bond donors (Lipinski definition) is 2. The zero-order valence-corrected chi connectivity index (χ0v) is 18.4. The molecule has 1 amide bonds. The van der Waals surface area contributed by atoms with Gasteiger partial charge in [0.2, 0.25) is 5.91 Å². The molecule has 2 N–H and O–H groups in total. The fourth-order valence-corrected chi connectivity index (χ4v) is 3.33. The number of rotatable bonds is 17. The van der Waals surface area contributed by atoms with Crippen LogP contribution in [0, 0.1) is 11.8 Å². The number of carbonyl (C=O) groups is 1. The molecule has 0 radical (unpaired) electrons. The predicted molar refractivity (Wildman–Crippen MR) is 117 cm³/mol. The standard InChI is InChI=1S/C24H45NO2/c1-4-6-7-8-9-10-11-12-13-14-15-16-17-18-19-20-23(27)25-24(3,22-26)21-5-2/h26H,4-11,14-22H2,1-3H3,(H,25,27). The minimum atomic E-state index is -0.458. The van der Waals surface area contributed by atoms with E-state index in [4.69, 9.17) is 0 Å². The zero-order chi connectivity index (χ0) is 20.2. The smallest absolute Gasteiger partial charge is 0.220 e. The minimum absolute atomic E-state index is 0.00642. The van der Waals surface area contributed by atoms with Crippen molar-refractivity contribution in [3.8, 4) is 11.8 Å². The van der Waals surface area contributed by atoms with Crippen LogP contribution in [0.25, 0.3) is 0 Å². The molecule has 0 aromatic heterocycles. The third-order valence-corrected chi connectivity index (χ3v) is 5.08. The molecule has 3 nitrogen and oxygen atoms in total. The van der Waals surface area contributed by atoms with E-state index in [1.54, 1.807) is 0 Å². The molecule has 0 saturated carbocycles. The summed E-state index contributed by atoms with van der Waals surface area (Å²) in [7, 11) is 0. The van der Waals surface area contributed by atoms with E-state index in [2.05, 4.69) is 31.0 Å². The number of carbonyl (C=O) groups excluding carboxylic acids is 1. The predicted octanol–water partition coefficient (Wildman–Crippen LogP) is 6.14. The summed E-state index contributed by atoms with van der Waals surface area (Å²) in [5.41, 5.74) is -0.458.